The molecule has 4 heteroatoms. The van der Waals surface area contributed by atoms with Gasteiger partial charge in [-0.3, -0.25) is 0 Å². The van der Waals surface area contributed by atoms with E-state index < -0.39 is 0 Å². The normalized spacial score (nSPS) is 14.4. The Labute approximate surface area is 248 Å². The zero-order valence-electron chi connectivity index (χ0n) is 22.0. The molecule has 0 saturated carbocycles. The molecule has 0 radical (unpaired) electrons. The lowest BCUT2D eigenvalue weighted by Crippen LogP contribution is -2.18. The summed E-state index contributed by atoms with van der Waals surface area (Å²) in [4.78, 5) is 4.54. The van der Waals surface area contributed by atoms with Crippen molar-refractivity contribution in [1.82, 2.24) is 0 Å². The molecule has 0 aliphatic carbocycles. The monoisotopic (exact) mass is 560 g/mol. The minimum absolute atomic E-state index is 0. The molecule has 0 N–H and O–H groups in total. The second-order valence-corrected chi connectivity index (χ2v) is 9.90. The van der Waals surface area contributed by atoms with Crippen LogP contribution in [0.25, 0.3) is 32.7 Å². The second kappa shape index (κ2) is 11.9. The largest absolute Gasteiger partial charge is 0.344 e. The molecule has 0 amide bonds. The van der Waals surface area contributed by atoms with Crippen LogP contribution in [0.2, 0.25) is 0 Å². The minimum Gasteiger partial charge on any atom is -0.344 e. The summed E-state index contributed by atoms with van der Waals surface area (Å²) in [5, 5.41) is 5.09. The van der Waals surface area contributed by atoms with Gasteiger partial charge in [-0.2, -0.15) is 0 Å². The Balaban J connectivity index is 0.00000161. The van der Waals surface area contributed by atoms with Gasteiger partial charge in [0.1, 0.15) is 0 Å². The van der Waals surface area contributed by atoms with Crippen molar-refractivity contribution in [2.24, 2.45) is 0 Å². The number of anilines is 2. The number of hydrogen-bond donors (Lipinski definition) is 0. The number of benzene rings is 5. The number of fused-ring (bicyclic) bond motifs is 2. The number of rotatable bonds is 4. The van der Waals surface area contributed by atoms with Crippen LogP contribution in [0, 0.1) is 0 Å². The molecule has 40 heavy (non-hydrogen) atoms. The van der Waals surface area contributed by atoms with Crippen molar-refractivity contribution < 1.29 is 0 Å². The van der Waals surface area contributed by atoms with Crippen molar-refractivity contribution in [2.75, 3.05) is 22.9 Å². The third-order valence-electron chi connectivity index (χ3n) is 7.52. The summed E-state index contributed by atoms with van der Waals surface area (Å²) >= 11 is 0. The van der Waals surface area contributed by atoms with Crippen LogP contribution in [0.1, 0.15) is 11.1 Å². The molecule has 5 aromatic rings. The highest BCUT2D eigenvalue weighted by atomic mass is 35.5. The Hall–Kier alpha value is -4.24. The van der Waals surface area contributed by atoms with Gasteiger partial charge in [0.25, 0.3) is 0 Å². The van der Waals surface area contributed by atoms with Gasteiger partial charge in [-0.15, -0.1) is 24.8 Å². The van der Waals surface area contributed by atoms with Crippen LogP contribution in [0.15, 0.2) is 146 Å². The first kappa shape index (κ1) is 27.3. The van der Waals surface area contributed by atoms with Crippen molar-refractivity contribution in [3.63, 3.8) is 0 Å². The van der Waals surface area contributed by atoms with Gasteiger partial charge in [-0.1, -0.05) is 72.8 Å². The highest BCUT2D eigenvalue weighted by molar-refractivity contribution is 6.01. The predicted molar refractivity (Wildman–Crippen MR) is 178 cm³/mol. The Bertz CT molecular complexity index is 1640. The van der Waals surface area contributed by atoms with Crippen LogP contribution in [-0.4, -0.2) is 13.1 Å². The van der Waals surface area contributed by atoms with E-state index in [9.17, 15) is 0 Å². The van der Waals surface area contributed by atoms with Crippen molar-refractivity contribution in [3.8, 4) is 0 Å². The maximum atomic E-state index is 2.32. The zero-order valence-corrected chi connectivity index (χ0v) is 23.6. The van der Waals surface area contributed by atoms with Gasteiger partial charge in [0.05, 0.1) is 0 Å². The van der Waals surface area contributed by atoms with Crippen LogP contribution in [0.3, 0.4) is 0 Å². The van der Waals surface area contributed by atoms with E-state index in [-0.39, 0.29) is 24.8 Å². The maximum Gasteiger partial charge on any atom is 0.0415 e. The van der Waals surface area contributed by atoms with E-state index in [1.165, 1.54) is 55.2 Å². The van der Waals surface area contributed by atoms with Gasteiger partial charge >= 0.3 is 0 Å². The molecule has 0 fully saturated rings. The lowest BCUT2D eigenvalue weighted by Gasteiger charge is -2.23. The van der Waals surface area contributed by atoms with E-state index in [1.54, 1.807) is 0 Å². The molecule has 198 valence electrons. The average Bonchev–Trinajstić information content (AvgIpc) is 3.00. The summed E-state index contributed by atoms with van der Waals surface area (Å²) in [6, 6.07) is 39.3. The summed E-state index contributed by atoms with van der Waals surface area (Å²) in [7, 11) is 0. The molecular formula is C36H30Cl2N2. The van der Waals surface area contributed by atoms with Crippen molar-refractivity contribution in [3.05, 3.63) is 157 Å². The van der Waals surface area contributed by atoms with E-state index in [2.05, 4.69) is 156 Å². The van der Waals surface area contributed by atoms with Crippen molar-refractivity contribution in [1.29, 1.82) is 0 Å². The Morgan fingerprint density at radius 1 is 0.425 bits per heavy atom. The Morgan fingerprint density at radius 3 is 1.23 bits per heavy atom. The minimum atomic E-state index is 0. The number of nitrogens with zero attached hydrogens (tertiary/aromatic N) is 2. The van der Waals surface area contributed by atoms with Gasteiger partial charge in [0.15, 0.2) is 0 Å². The summed E-state index contributed by atoms with van der Waals surface area (Å²) < 4.78 is 0. The molecule has 2 heterocycles. The lowest BCUT2D eigenvalue weighted by atomic mass is 9.95. The molecule has 7 rings (SSSR count). The van der Waals surface area contributed by atoms with Crippen LogP contribution < -0.4 is 9.80 Å². The van der Waals surface area contributed by atoms with E-state index >= 15 is 0 Å². The Morgan fingerprint density at radius 2 is 0.850 bits per heavy atom. The average molecular weight is 562 g/mol. The third-order valence-corrected chi connectivity index (χ3v) is 7.52. The van der Waals surface area contributed by atoms with Crippen molar-refractivity contribution >= 4 is 68.9 Å². The number of halogens is 2. The fraction of sp³-hybridized carbons (Fsp3) is 0.0556. The van der Waals surface area contributed by atoms with Crippen LogP contribution in [0.4, 0.5) is 11.4 Å². The van der Waals surface area contributed by atoms with Gasteiger partial charge in [-0.05, 0) is 105 Å². The highest BCUT2D eigenvalue weighted by Crippen LogP contribution is 2.31. The molecule has 2 aliphatic heterocycles. The molecule has 0 atom stereocenters. The second-order valence-electron chi connectivity index (χ2n) is 9.90. The fourth-order valence-electron chi connectivity index (χ4n) is 5.40. The number of hydrogen-bond acceptors (Lipinski definition) is 2. The molecule has 0 unspecified atom stereocenters. The Kier molecular flexibility index (Phi) is 8.11. The molecule has 0 aromatic heterocycles. The molecule has 0 saturated heterocycles. The topological polar surface area (TPSA) is 6.48 Å². The first-order chi connectivity index (χ1) is 18.8. The molecule has 0 bridgehead atoms. The van der Waals surface area contributed by atoms with Crippen LogP contribution in [-0.2, 0) is 0 Å². The first-order valence-electron chi connectivity index (χ1n) is 13.2. The molecule has 2 nitrogen and oxygen atoms in total. The van der Waals surface area contributed by atoms with Gasteiger partial charge in [0.2, 0.25) is 0 Å². The van der Waals surface area contributed by atoms with E-state index in [4.69, 9.17) is 0 Å². The summed E-state index contributed by atoms with van der Waals surface area (Å²) in [5.41, 5.74) is 7.51. The maximum absolute atomic E-state index is 2.32. The fourth-order valence-corrected chi connectivity index (χ4v) is 5.40. The predicted octanol–water partition coefficient (Wildman–Crippen LogP) is 9.67. The molecule has 2 aliphatic rings. The summed E-state index contributed by atoms with van der Waals surface area (Å²) in [5.74, 6) is 0. The quantitative estimate of drug-likeness (QED) is 0.202. The summed E-state index contributed by atoms with van der Waals surface area (Å²) in [6.45, 7) is 1.75. The van der Waals surface area contributed by atoms with Gasteiger partial charge < -0.3 is 9.80 Å². The molecular weight excluding hydrogens is 531 g/mol. The van der Waals surface area contributed by atoms with E-state index in [0.717, 1.165) is 13.1 Å². The lowest BCUT2D eigenvalue weighted by molar-refractivity contribution is 1.08. The molecule has 5 aromatic carbocycles. The smallest absolute Gasteiger partial charge is 0.0415 e. The standard InChI is InChI=1S/C36H28N2.2ClH/c1-3-7-35(8-4-1)37-19-15-27(16-20-37)29-11-13-31-26-34-24-30(12-14-32(34)25-33(31)23-29)28-17-21-38(22-18-28)36-9-5-2-6-10-36;;/h1-19,21,23-26H,20,22H2;2*1H. The highest BCUT2D eigenvalue weighted by Gasteiger charge is 2.11. The van der Waals surface area contributed by atoms with E-state index in [1.807, 2.05) is 0 Å². The first-order valence-corrected chi connectivity index (χ1v) is 13.2. The summed E-state index contributed by atoms with van der Waals surface area (Å²) in [6.07, 6.45) is 13.4. The zero-order chi connectivity index (χ0) is 25.3. The van der Waals surface area contributed by atoms with Gasteiger partial charge in [-0.25, -0.2) is 0 Å². The number of para-hydroxylation sites is 2. The SMILES string of the molecule is C1=CN(c2ccccc2)CC=C1c1ccc2cc3cc(C4=CCN(c5ccccc5)C=C4)ccc3cc2c1.Cl.Cl. The van der Waals surface area contributed by atoms with Crippen molar-refractivity contribution in [2.45, 2.75) is 0 Å². The van der Waals surface area contributed by atoms with Crippen LogP contribution in [0.5, 0.6) is 0 Å². The van der Waals surface area contributed by atoms with Gasteiger partial charge in [0, 0.05) is 36.9 Å². The number of allylic oxidation sites excluding steroid dienone is 4. The van der Waals surface area contributed by atoms with E-state index in [0.29, 0.717) is 0 Å². The molecule has 0 spiro atoms. The third kappa shape index (κ3) is 5.42. The van der Waals surface area contributed by atoms with Crippen LogP contribution >= 0.6 is 24.8 Å².